The van der Waals surface area contributed by atoms with Crippen molar-refractivity contribution in [3.05, 3.63) is 108 Å². The van der Waals surface area contributed by atoms with E-state index in [4.69, 9.17) is 4.74 Å². The summed E-state index contributed by atoms with van der Waals surface area (Å²) in [7, 11) is 1.51. The van der Waals surface area contributed by atoms with Gasteiger partial charge in [0.05, 0.1) is 0 Å². The van der Waals surface area contributed by atoms with Crippen molar-refractivity contribution < 1.29 is 24.2 Å². The number of anilines is 1. The number of amides is 3. The van der Waals surface area contributed by atoms with Gasteiger partial charge in [-0.3, -0.25) is 9.59 Å². The molecule has 4 rings (SSSR count). The second kappa shape index (κ2) is 12.6. The van der Waals surface area contributed by atoms with Crippen LogP contribution in [-0.2, 0) is 20.7 Å². The lowest BCUT2D eigenvalue weighted by atomic mass is 10.0. The van der Waals surface area contributed by atoms with Crippen molar-refractivity contribution in [2.45, 2.75) is 44.9 Å². The molecular weight excluding hydrogens is 518 g/mol. The molecule has 0 aliphatic rings. The summed E-state index contributed by atoms with van der Waals surface area (Å²) in [5.74, 6) is -1.02. The fourth-order valence-corrected chi connectivity index (χ4v) is 4.60. The van der Waals surface area contributed by atoms with E-state index >= 15 is 0 Å². The minimum absolute atomic E-state index is 0.0421. The zero-order valence-corrected chi connectivity index (χ0v) is 23.6. The largest absolute Gasteiger partial charge is 0.508 e. The van der Waals surface area contributed by atoms with Crippen LogP contribution in [0.1, 0.15) is 37.9 Å². The first-order chi connectivity index (χ1) is 19.5. The molecule has 41 heavy (non-hydrogen) atoms. The Morgan fingerprint density at radius 3 is 2.22 bits per heavy atom. The molecular formula is C33H35N3O5. The van der Waals surface area contributed by atoms with E-state index in [0.29, 0.717) is 11.3 Å². The highest BCUT2D eigenvalue weighted by Gasteiger charge is 2.34. The summed E-state index contributed by atoms with van der Waals surface area (Å²) < 4.78 is 5.43. The number of phenolic OH excluding ortho intramolecular Hbond substituents is 1. The van der Waals surface area contributed by atoms with E-state index in [1.54, 1.807) is 39.0 Å². The molecule has 3 amide bonds. The second-order valence-corrected chi connectivity index (χ2v) is 10.9. The van der Waals surface area contributed by atoms with Gasteiger partial charge in [-0.15, -0.1) is 0 Å². The summed E-state index contributed by atoms with van der Waals surface area (Å²) in [5.41, 5.74) is 1.03. The molecule has 8 heteroatoms. The van der Waals surface area contributed by atoms with Crippen molar-refractivity contribution in [2.75, 3.05) is 12.4 Å². The van der Waals surface area contributed by atoms with Crippen LogP contribution in [0.5, 0.6) is 5.75 Å². The molecule has 3 N–H and O–H groups in total. The molecule has 0 bridgehead atoms. The highest BCUT2D eigenvalue weighted by molar-refractivity contribution is 6.00. The maximum absolute atomic E-state index is 14.0. The molecule has 0 saturated heterocycles. The molecule has 4 aromatic rings. The van der Waals surface area contributed by atoms with Crippen molar-refractivity contribution in [3.63, 3.8) is 0 Å². The standard InChI is InChI=1S/C33H35N3O5/c1-33(2,3)41-32(40)35-28(19-22-11-6-5-7-12-22)31(39)36(4)29(25-15-10-16-27(37)21-25)30(38)34-26-18-17-23-13-8-9-14-24(23)20-26/h5-18,20-21,28-29,37H,19H2,1-4H3,(H,34,38)(H,35,40). The summed E-state index contributed by atoms with van der Waals surface area (Å²) >= 11 is 0. The molecule has 0 aliphatic carbocycles. The summed E-state index contributed by atoms with van der Waals surface area (Å²) in [4.78, 5) is 41.8. The molecule has 0 aliphatic heterocycles. The van der Waals surface area contributed by atoms with Gasteiger partial charge in [0.25, 0.3) is 5.91 Å². The number of rotatable bonds is 8. The van der Waals surface area contributed by atoms with Gasteiger partial charge in [0.2, 0.25) is 5.91 Å². The number of aromatic hydroxyl groups is 1. The Morgan fingerprint density at radius 1 is 0.854 bits per heavy atom. The summed E-state index contributed by atoms with van der Waals surface area (Å²) in [5, 5.41) is 17.8. The predicted molar refractivity (Wildman–Crippen MR) is 159 cm³/mol. The first-order valence-corrected chi connectivity index (χ1v) is 13.4. The molecule has 0 saturated carbocycles. The Bertz CT molecular complexity index is 1530. The number of alkyl carbamates (subject to hydrolysis) is 1. The van der Waals surface area contributed by atoms with Crippen LogP contribution in [0.3, 0.4) is 0 Å². The van der Waals surface area contributed by atoms with E-state index in [-0.39, 0.29) is 12.2 Å². The topological polar surface area (TPSA) is 108 Å². The third-order valence-electron chi connectivity index (χ3n) is 6.46. The number of carbonyl (C=O) groups excluding carboxylic acids is 3. The van der Waals surface area contributed by atoms with Crippen LogP contribution in [0.25, 0.3) is 10.8 Å². The van der Waals surface area contributed by atoms with Gasteiger partial charge in [-0.2, -0.15) is 0 Å². The van der Waals surface area contributed by atoms with Crippen LogP contribution in [0, 0.1) is 0 Å². The predicted octanol–water partition coefficient (Wildman–Crippen LogP) is 5.82. The molecule has 0 aromatic heterocycles. The fourth-order valence-electron chi connectivity index (χ4n) is 4.60. The third-order valence-corrected chi connectivity index (χ3v) is 6.46. The van der Waals surface area contributed by atoms with Crippen LogP contribution in [0.4, 0.5) is 10.5 Å². The number of ether oxygens (including phenoxy) is 1. The van der Waals surface area contributed by atoms with Crippen molar-refractivity contribution in [3.8, 4) is 5.75 Å². The van der Waals surface area contributed by atoms with Gasteiger partial charge in [0, 0.05) is 19.2 Å². The number of nitrogens with zero attached hydrogens (tertiary/aromatic N) is 1. The summed E-state index contributed by atoms with van der Waals surface area (Å²) in [6.45, 7) is 5.21. The van der Waals surface area contributed by atoms with Gasteiger partial charge in [0.1, 0.15) is 23.4 Å². The molecule has 0 radical (unpaired) electrons. The average molecular weight is 554 g/mol. The zero-order chi connectivity index (χ0) is 29.6. The molecule has 2 atom stereocenters. The molecule has 2 unspecified atom stereocenters. The van der Waals surface area contributed by atoms with Crippen LogP contribution in [0.15, 0.2) is 97.1 Å². The van der Waals surface area contributed by atoms with E-state index in [1.165, 1.54) is 24.1 Å². The van der Waals surface area contributed by atoms with Crippen molar-refractivity contribution in [2.24, 2.45) is 0 Å². The van der Waals surface area contributed by atoms with E-state index < -0.39 is 35.6 Å². The van der Waals surface area contributed by atoms with E-state index in [0.717, 1.165) is 16.3 Å². The Kier molecular flexibility index (Phi) is 8.92. The number of carbonyl (C=O) groups is 3. The molecule has 0 fully saturated rings. The highest BCUT2D eigenvalue weighted by Crippen LogP contribution is 2.27. The highest BCUT2D eigenvalue weighted by atomic mass is 16.6. The van der Waals surface area contributed by atoms with Gasteiger partial charge < -0.3 is 25.4 Å². The van der Waals surface area contributed by atoms with E-state index in [9.17, 15) is 19.5 Å². The Morgan fingerprint density at radius 2 is 1.54 bits per heavy atom. The van der Waals surface area contributed by atoms with Crippen molar-refractivity contribution >= 4 is 34.4 Å². The number of likely N-dealkylation sites (N-methyl/N-ethyl adjacent to an activating group) is 1. The number of benzene rings is 4. The first-order valence-electron chi connectivity index (χ1n) is 13.4. The van der Waals surface area contributed by atoms with Crippen LogP contribution < -0.4 is 10.6 Å². The maximum atomic E-state index is 14.0. The Hall–Kier alpha value is -4.85. The van der Waals surface area contributed by atoms with Gasteiger partial charge in [0.15, 0.2) is 0 Å². The fraction of sp³-hybridized carbons (Fsp3) is 0.242. The van der Waals surface area contributed by atoms with Crippen molar-refractivity contribution in [1.29, 1.82) is 0 Å². The lowest BCUT2D eigenvalue weighted by Gasteiger charge is -2.32. The number of fused-ring (bicyclic) bond motifs is 1. The SMILES string of the molecule is CN(C(=O)C(Cc1ccccc1)NC(=O)OC(C)(C)C)C(C(=O)Nc1ccc2ccccc2c1)c1cccc(O)c1. The third kappa shape index (κ3) is 7.85. The van der Waals surface area contributed by atoms with E-state index in [1.807, 2.05) is 66.7 Å². The van der Waals surface area contributed by atoms with Crippen LogP contribution >= 0.6 is 0 Å². The Balaban J connectivity index is 1.65. The van der Waals surface area contributed by atoms with Crippen LogP contribution in [0.2, 0.25) is 0 Å². The summed E-state index contributed by atoms with van der Waals surface area (Å²) in [6.07, 6.45) is -0.558. The Labute approximate surface area is 239 Å². The van der Waals surface area contributed by atoms with Crippen molar-refractivity contribution in [1.82, 2.24) is 10.2 Å². The van der Waals surface area contributed by atoms with Gasteiger partial charge in [-0.05, 0) is 66.9 Å². The van der Waals surface area contributed by atoms with Crippen LogP contribution in [-0.4, -0.2) is 46.6 Å². The molecule has 0 spiro atoms. The van der Waals surface area contributed by atoms with Gasteiger partial charge in [-0.1, -0.05) is 72.8 Å². The number of phenols is 1. The molecule has 212 valence electrons. The quantitative estimate of drug-likeness (QED) is 0.255. The second-order valence-electron chi connectivity index (χ2n) is 10.9. The van der Waals surface area contributed by atoms with Gasteiger partial charge >= 0.3 is 6.09 Å². The number of nitrogens with one attached hydrogen (secondary N) is 2. The lowest BCUT2D eigenvalue weighted by molar-refractivity contribution is -0.139. The van der Waals surface area contributed by atoms with Gasteiger partial charge in [-0.25, -0.2) is 4.79 Å². The first kappa shape index (κ1) is 29.1. The number of hydrogen-bond donors (Lipinski definition) is 3. The smallest absolute Gasteiger partial charge is 0.408 e. The zero-order valence-electron chi connectivity index (χ0n) is 23.6. The van der Waals surface area contributed by atoms with E-state index in [2.05, 4.69) is 10.6 Å². The minimum Gasteiger partial charge on any atom is -0.508 e. The minimum atomic E-state index is -1.11. The molecule has 8 nitrogen and oxygen atoms in total. The normalized spacial score (nSPS) is 12.7. The molecule has 0 heterocycles. The monoisotopic (exact) mass is 553 g/mol. The number of hydrogen-bond acceptors (Lipinski definition) is 5. The summed E-state index contributed by atoms with van der Waals surface area (Å²) in [6, 6.07) is 26.7. The maximum Gasteiger partial charge on any atom is 0.408 e. The molecule has 4 aromatic carbocycles. The lowest BCUT2D eigenvalue weighted by Crippen LogP contribution is -2.52. The average Bonchev–Trinajstić information content (AvgIpc) is 2.92.